The summed E-state index contributed by atoms with van der Waals surface area (Å²) in [7, 11) is 1.68. The molecule has 2 rings (SSSR count). The van der Waals surface area contributed by atoms with Crippen molar-refractivity contribution in [2.75, 3.05) is 39.9 Å². The average molecular weight is 304 g/mol. The molecule has 1 aromatic carbocycles. The lowest BCUT2D eigenvalue weighted by molar-refractivity contribution is 0.172. The van der Waals surface area contributed by atoms with Gasteiger partial charge in [0.2, 0.25) is 0 Å². The maximum Gasteiger partial charge on any atom is 0.161 e. The van der Waals surface area contributed by atoms with Gasteiger partial charge in [-0.15, -0.1) is 6.58 Å². The van der Waals surface area contributed by atoms with Gasteiger partial charge in [0, 0.05) is 32.2 Å². The third-order valence-electron chi connectivity index (χ3n) is 4.01. The quantitative estimate of drug-likeness (QED) is 0.785. The van der Waals surface area contributed by atoms with Crippen molar-refractivity contribution >= 4 is 0 Å². The lowest BCUT2D eigenvalue weighted by Gasteiger charge is -2.35. The van der Waals surface area contributed by atoms with Crippen LogP contribution in [0.25, 0.3) is 0 Å². The molecule has 1 atom stereocenters. The van der Waals surface area contributed by atoms with Crippen LogP contribution in [0.3, 0.4) is 0 Å². The van der Waals surface area contributed by atoms with Gasteiger partial charge in [-0.3, -0.25) is 4.90 Å². The monoisotopic (exact) mass is 304 g/mol. The number of methoxy groups -OCH3 is 1. The number of piperazine rings is 1. The molecular formula is C18H28N2O2. The first-order valence-corrected chi connectivity index (χ1v) is 8.05. The summed E-state index contributed by atoms with van der Waals surface area (Å²) in [5.41, 5.74) is 2.48. The Morgan fingerprint density at radius 3 is 2.64 bits per heavy atom. The zero-order valence-corrected chi connectivity index (χ0v) is 14.0. The van der Waals surface area contributed by atoms with E-state index in [4.69, 9.17) is 9.47 Å². The van der Waals surface area contributed by atoms with E-state index in [9.17, 15) is 0 Å². The summed E-state index contributed by atoms with van der Waals surface area (Å²) >= 11 is 0. The molecule has 1 saturated heterocycles. The second-order valence-corrected chi connectivity index (χ2v) is 5.81. The number of nitrogens with zero attached hydrogens (tertiary/aromatic N) is 1. The maximum atomic E-state index is 5.73. The van der Waals surface area contributed by atoms with Crippen molar-refractivity contribution < 1.29 is 9.47 Å². The van der Waals surface area contributed by atoms with Crippen LogP contribution in [0.15, 0.2) is 30.4 Å². The highest BCUT2D eigenvalue weighted by Crippen LogP contribution is 2.34. The Morgan fingerprint density at radius 2 is 2.05 bits per heavy atom. The lowest BCUT2D eigenvalue weighted by atomic mass is 9.97. The molecule has 0 spiro atoms. The number of ether oxygens (including phenoxy) is 2. The Kier molecular flexibility index (Phi) is 6.28. The highest BCUT2D eigenvalue weighted by Gasteiger charge is 2.23. The lowest BCUT2D eigenvalue weighted by Crippen LogP contribution is -2.45. The molecule has 4 nitrogen and oxygen atoms in total. The molecule has 0 unspecified atom stereocenters. The van der Waals surface area contributed by atoms with Crippen LogP contribution in [0.1, 0.15) is 31.9 Å². The highest BCUT2D eigenvalue weighted by molar-refractivity contribution is 5.44. The van der Waals surface area contributed by atoms with Crippen LogP contribution in [-0.4, -0.2) is 44.8 Å². The number of benzene rings is 1. The number of hydrogen-bond acceptors (Lipinski definition) is 4. The largest absolute Gasteiger partial charge is 0.493 e. The van der Waals surface area contributed by atoms with Gasteiger partial charge >= 0.3 is 0 Å². The third kappa shape index (κ3) is 4.24. The molecule has 0 bridgehead atoms. The van der Waals surface area contributed by atoms with E-state index in [0.29, 0.717) is 12.6 Å². The number of hydrogen-bond donors (Lipinski definition) is 1. The first-order chi connectivity index (χ1) is 10.7. The zero-order valence-electron chi connectivity index (χ0n) is 14.0. The molecule has 1 fully saturated rings. The fraction of sp³-hybridized carbons (Fsp3) is 0.556. The summed E-state index contributed by atoms with van der Waals surface area (Å²) in [6.07, 6.45) is 0.970. The Balaban J connectivity index is 2.29. The minimum Gasteiger partial charge on any atom is -0.493 e. The highest BCUT2D eigenvalue weighted by atomic mass is 16.5. The molecule has 1 N–H and O–H groups in total. The summed E-state index contributed by atoms with van der Waals surface area (Å²) < 4.78 is 11.1. The van der Waals surface area contributed by atoms with Crippen LogP contribution in [0, 0.1) is 0 Å². The van der Waals surface area contributed by atoms with E-state index >= 15 is 0 Å². The molecule has 0 aromatic heterocycles. The molecule has 1 aliphatic heterocycles. The topological polar surface area (TPSA) is 33.7 Å². The van der Waals surface area contributed by atoms with Crippen LogP contribution in [0.5, 0.6) is 11.5 Å². The number of rotatable bonds is 7. The molecule has 1 aromatic rings. The number of nitrogens with one attached hydrogen (secondary N) is 1. The van der Waals surface area contributed by atoms with Gasteiger partial charge < -0.3 is 14.8 Å². The normalized spacial score (nSPS) is 17.0. The van der Waals surface area contributed by atoms with Gasteiger partial charge in [0.1, 0.15) is 0 Å². The van der Waals surface area contributed by atoms with E-state index < -0.39 is 0 Å². The predicted molar refractivity (Wildman–Crippen MR) is 90.8 cm³/mol. The molecule has 4 heteroatoms. The van der Waals surface area contributed by atoms with Gasteiger partial charge in [-0.25, -0.2) is 0 Å². The third-order valence-corrected chi connectivity index (χ3v) is 4.01. The smallest absolute Gasteiger partial charge is 0.161 e. The molecular weight excluding hydrogens is 276 g/mol. The van der Waals surface area contributed by atoms with E-state index in [1.807, 2.05) is 13.0 Å². The Labute approximate surface area is 134 Å². The molecule has 22 heavy (non-hydrogen) atoms. The average Bonchev–Trinajstić information content (AvgIpc) is 2.53. The Bertz CT molecular complexity index is 496. The SMILES string of the molecule is C=C(C)C[C@@H](c1ccc(OC)c(OCC)c1)N1CCNCC1. The summed E-state index contributed by atoms with van der Waals surface area (Å²) in [6.45, 7) is 13.1. The molecule has 0 radical (unpaired) electrons. The van der Waals surface area contributed by atoms with Crippen molar-refractivity contribution in [1.82, 2.24) is 10.2 Å². The molecule has 0 amide bonds. The first-order valence-electron chi connectivity index (χ1n) is 8.05. The summed E-state index contributed by atoms with van der Waals surface area (Å²) in [5, 5.41) is 3.42. The second kappa shape index (κ2) is 8.20. The minimum absolute atomic E-state index is 0.352. The van der Waals surface area contributed by atoms with Gasteiger partial charge in [0.05, 0.1) is 13.7 Å². The van der Waals surface area contributed by atoms with E-state index in [0.717, 1.165) is 44.1 Å². The van der Waals surface area contributed by atoms with E-state index in [1.165, 1.54) is 11.1 Å². The van der Waals surface area contributed by atoms with Crippen LogP contribution in [-0.2, 0) is 0 Å². The molecule has 1 heterocycles. The van der Waals surface area contributed by atoms with Gasteiger partial charge in [-0.05, 0) is 38.0 Å². The van der Waals surface area contributed by atoms with Crippen LogP contribution >= 0.6 is 0 Å². The molecule has 0 aliphatic carbocycles. The van der Waals surface area contributed by atoms with Crippen molar-refractivity contribution in [2.45, 2.75) is 26.3 Å². The van der Waals surface area contributed by atoms with E-state index in [1.54, 1.807) is 7.11 Å². The molecule has 0 saturated carbocycles. The fourth-order valence-electron chi connectivity index (χ4n) is 2.95. The summed E-state index contributed by atoms with van der Waals surface area (Å²) in [4.78, 5) is 2.53. The van der Waals surface area contributed by atoms with Crippen LogP contribution in [0.4, 0.5) is 0 Å². The predicted octanol–water partition coefficient (Wildman–Crippen LogP) is 3.01. The van der Waals surface area contributed by atoms with Crippen molar-refractivity contribution in [3.05, 3.63) is 35.9 Å². The van der Waals surface area contributed by atoms with E-state index in [-0.39, 0.29) is 0 Å². The molecule has 122 valence electrons. The summed E-state index contributed by atoms with van der Waals surface area (Å²) in [6, 6.07) is 6.63. The van der Waals surface area contributed by atoms with Gasteiger partial charge in [-0.2, -0.15) is 0 Å². The second-order valence-electron chi connectivity index (χ2n) is 5.81. The van der Waals surface area contributed by atoms with Crippen molar-refractivity contribution in [3.8, 4) is 11.5 Å². The maximum absolute atomic E-state index is 5.73. The summed E-state index contributed by atoms with van der Waals surface area (Å²) in [5.74, 6) is 1.62. The van der Waals surface area contributed by atoms with Gasteiger partial charge in [-0.1, -0.05) is 11.6 Å². The fourth-order valence-corrected chi connectivity index (χ4v) is 2.95. The Morgan fingerprint density at radius 1 is 1.32 bits per heavy atom. The zero-order chi connectivity index (χ0) is 15.9. The molecule has 1 aliphatic rings. The van der Waals surface area contributed by atoms with Crippen LogP contribution < -0.4 is 14.8 Å². The van der Waals surface area contributed by atoms with Gasteiger partial charge in [0.15, 0.2) is 11.5 Å². The minimum atomic E-state index is 0.352. The van der Waals surface area contributed by atoms with Gasteiger partial charge in [0.25, 0.3) is 0 Å². The van der Waals surface area contributed by atoms with Crippen molar-refractivity contribution in [3.63, 3.8) is 0 Å². The van der Waals surface area contributed by atoms with Crippen molar-refractivity contribution in [1.29, 1.82) is 0 Å². The Hall–Kier alpha value is -1.52. The van der Waals surface area contributed by atoms with Crippen LogP contribution in [0.2, 0.25) is 0 Å². The standard InChI is InChI=1S/C18H28N2O2/c1-5-22-18-13-15(6-7-17(18)21-4)16(12-14(2)3)20-10-8-19-9-11-20/h6-7,13,16,19H,2,5,8-12H2,1,3-4H3/t16-/m0/s1. The first kappa shape index (κ1) is 16.8. The van der Waals surface area contributed by atoms with E-state index in [2.05, 4.69) is 35.9 Å². The van der Waals surface area contributed by atoms with Crippen molar-refractivity contribution in [2.24, 2.45) is 0 Å².